The summed E-state index contributed by atoms with van der Waals surface area (Å²) in [6.45, 7) is 0. The minimum absolute atomic E-state index is 0. The number of rotatable bonds is 0. The van der Waals surface area contributed by atoms with Gasteiger partial charge < -0.3 is 53.3 Å². The topological polar surface area (TPSA) is 436 Å². The van der Waals surface area contributed by atoms with Crippen LogP contribution in [0.25, 0.3) is 21.9 Å². The maximum atomic E-state index is 4.75. The molecule has 0 saturated heterocycles. The number of nitrogens with zero attached hydrogens (tertiary/aromatic N) is 12. The van der Waals surface area contributed by atoms with Crippen molar-refractivity contribution in [2.45, 2.75) is 0 Å². The van der Waals surface area contributed by atoms with Crippen molar-refractivity contribution in [3.8, 4) is 0 Å². The molecule has 0 fully saturated rings. The van der Waals surface area contributed by atoms with E-state index in [-0.39, 0.29) is 46.7 Å². The van der Waals surface area contributed by atoms with Gasteiger partial charge >= 0.3 is 11.9 Å². The number of guanidine groups is 6. The molecule has 3 aliphatic rings. The summed E-state index contributed by atoms with van der Waals surface area (Å²) in [6, 6.07) is 0. The van der Waals surface area contributed by atoms with Crippen molar-refractivity contribution in [2.75, 3.05) is 0 Å². The molecule has 30 heavy (non-hydrogen) atoms. The van der Waals surface area contributed by atoms with Crippen molar-refractivity contribution in [1.29, 1.82) is 0 Å². The van der Waals surface area contributed by atoms with E-state index in [4.69, 9.17) is 22.9 Å². The molecule has 0 aromatic carbocycles. The van der Waals surface area contributed by atoms with Gasteiger partial charge in [-0.3, -0.25) is 34.6 Å². The Bertz CT molecular complexity index is 668. The SMILES string of the molecule is N1=NC(=NC2=N[N-][NH2+][N-]2)N=NC1=NC1=N[N-][NH2+][N-]1.N[NH+]=C(N)N.N[NH+]=C(N)N.O.O. The van der Waals surface area contributed by atoms with E-state index in [9.17, 15) is 0 Å². The van der Waals surface area contributed by atoms with Crippen molar-refractivity contribution in [3.63, 3.8) is 0 Å². The van der Waals surface area contributed by atoms with Crippen LogP contribution in [0.3, 0.4) is 0 Å². The first-order chi connectivity index (χ1) is 13.4. The molecule has 3 heterocycles. The number of aliphatic imine (C=N–C) groups is 2. The van der Waals surface area contributed by atoms with E-state index < -0.39 is 0 Å². The number of hydrogen-bond acceptors (Lipinski definition) is 6. The summed E-state index contributed by atoms with van der Waals surface area (Å²) >= 11 is 0. The molecular formula is C6H22N22O2. The summed E-state index contributed by atoms with van der Waals surface area (Å²) in [5.41, 5.74) is 35.9. The molecule has 3 rings (SSSR count). The third kappa shape index (κ3) is 11.6. The van der Waals surface area contributed by atoms with Crippen molar-refractivity contribution in [1.82, 2.24) is 0 Å². The Hall–Kier alpha value is -4.94. The fraction of sp³-hybridized carbons (Fsp3) is 0. The van der Waals surface area contributed by atoms with Gasteiger partial charge in [0.15, 0.2) is 0 Å². The van der Waals surface area contributed by atoms with Crippen LogP contribution in [0.5, 0.6) is 0 Å². The largest absolute Gasteiger partial charge is 0.465 e. The molecule has 24 heteroatoms. The smallest absolute Gasteiger partial charge is 0.360 e. The van der Waals surface area contributed by atoms with Gasteiger partial charge in [-0.2, -0.15) is 10.2 Å². The Morgan fingerprint density at radius 3 is 1.20 bits per heavy atom. The van der Waals surface area contributed by atoms with Crippen molar-refractivity contribution in [3.05, 3.63) is 21.9 Å². The highest BCUT2D eigenvalue weighted by atomic mass is 16.0. The molecule has 168 valence electrons. The second-order valence-electron chi connectivity index (χ2n) is 3.94. The molecule has 0 radical (unpaired) electrons. The first-order valence-corrected chi connectivity index (χ1v) is 6.75. The Labute approximate surface area is 166 Å². The molecule has 24 nitrogen and oxygen atoms in total. The average molecular weight is 434 g/mol. The third-order valence-electron chi connectivity index (χ3n) is 1.94. The zero-order valence-electron chi connectivity index (χ0n) is 15.0. The van der Waals surface area contributed by atoms with Crippen LogP contribution in [0.4, 0.5) is 0 Å². The van der Waals surface area contributed by atoms with E-state index >= 15 is 0 Å². The van der Waals surface area contributed by atoms with Crippen LogP contribution < -0.4 is 55.9 Å². The molecular weight excluding hydrogens is 412 g/mol. The van der Waals surface area contributed by atoms with Gasteiger partial charge in [0.2, 0.25) is 11.9 Å². The number of nitrogens with two attached hydrogens (primary N) is 8. The Balaban J connectivity index is 0. The van der Waals surface area contributed by atoms with E-state index in [1.165, 1.54) is 11.1 Å². The summed E-state index contributed by atoms with van der Waals surface area (Å²) in [5.74, 6) is 9.60. The van der Waals surface area contributed by atoms with Crippen LogP contribution in [0, 0.1) is 0 Å². The van der Waals surface area contributed by atoms with Gasteiger partial charge in [-0.05, 0) is 0 Å². The van der Waals surface area contributed by atoms with Crippen LogP contribution in [-0.2, 0) is 0 Å². The first-order valence-electron chi connectivity index (χ1n) is 6.75. The zero-order valence-corrected chi connectivity index (χ0v) is 15.0. The van der Waals surface area contributed by atoms with Gasteiger partial charge in [0, 0.05) is 0 Å². The fourth-order valence-corrected chi connectivity index (χ4v) is 0.951. The van der Waals surface area contributed by atoms with Gasteiger partial charge in [-0.25, -0.2) is 10.9 Å². The summed E-state index contributed by atoms with van der Waals surface area (Å²) < 4.78 is 0. The van der Waals surface area contributed by atoms with Crippen LogP contribution in [0.15, 0.2) is 40.6 Å². The molecule has 0 aromatic rings. The first kappa shape index (κ1) is 27.3. The Kier molecular flexibility index (Phi) is 13.8. The standard InChI is InChI=1S/C4H4N14.2CH6N4.2H2O/c5(3-11-15-16-12-3)1-7-9-2(10-8-1)6-4-13-17-18-14-4;2*2-1(3)5-4;;/h15,17H2;2*4H2,(H4,2,3,5);2*1H2/q-2;;;;/p+2. The highest BCUT2D eigenvalue weighted by Crippen LogP contribution is 2.05. The minimum atomic E-state index is 0. The molecule has 0 amide bonds. The van der Waals surface area contributed by atoms with Crippen LogP contribution in [-0.4, -0.2) is 46.7 Å². The van der Waals surface area contributed by atoms with Gasteiger partial charge in [-0.15, -0.1) is 20.5 Å². The monoisotopic (exact) mass is 434 g/mol. The molecule has 22 N–H and O–H groups in total. The maximum Gasteiger partial charge on any atom is 0.360 e. The highest BCUT2D eigenvalue weighted by molar-refractivity contribution is 6.05. The van der Waals surface area contributed by atoms with Gasteiger partial charge in [0.05, 0.1) is 11.9 Å². The number of hydrazine groups is 2. The summed E-state index contributed by atoms with van der Waals surface area (Å²) in [5, 5.41) is 25.8. The molecule has 0 bridgehead atoms. The quantitative estimate of drug-likeness (QED) is 0.0762. The maximum absolute atomic E-state index is 4.75. The van der Waals surface area contributed by atoms with Crippen LogP contribution in [0.1, 0.15) is 0 Å². The summed E-state index contributed by atoms with van der Waals surface area (Å²) in [4.78, 5) is 7.64. The van der Waals surface area contributed by atoms with E-state index in [0.29, 0.717) is 0 Å². The van der Waals surface area contributed by atoms with E-state index in [1.807, 2.05) is 10.2 Å². The highest BCUT2D eigenvalue weighted by Gasteiger charge is 2.02. The lowest BCUT2D eigenvalue weighted by atomic mass is 10.9. The second kappa shape index (κ2) is 15.2. The number of hydrazone groups is 2. The molecule has 0 spiro atoms. The molecule has 0 saturated carbocycles. The van der Waals surface area contributed by atoms with Gasteiger partial charge in [0.25, 0.3) is 0 Å². The molecule has 0 aromatic heterocycles. The lowest BCUT2D eigenvalue weighted by Gasteiger charge is -2.06. The minimum Gasteiger partial charge on any atom is -0.465 e. The lowest BCUT2D eigenvalue weighted by molar-refractivity contribution is -0.544. The predicted octanol–water partition coefficient (Wildman–Crippen LogP) is -10.8. The van der Waals surface area contributed by atoms with E-state index in [2.05, 4.69) is 74.3 Å². The molecule has 0 unspecified atom stereocenters. The average Bonchev–Trinajstić information content (AvgIpc) is 3.38. The normalized spacial score (nSPS) is 14.4. The van der Waals surface area contributed by atoms with Crippen LogP contribution >= 0.6 is 0 Å². The third-order valence-corrected chi connectivity index (χ3v) is 1.94. The lowest BCUT2D eigenvalue weighted by Crippen LogP contribution is -2.84. The summed E-state index contributed by atoms with van der Waals surface area (Å²) in [7, 11) is 0. The van der Waals surface area contributed by atoms with E-state index in [1.54, 1.807) is 0 Å². The number of azo groups is 2. The van der Waals surface area contributed by atoms with Crippen molar-refractivity contribution >= 4 is 35.8 Å². The number of hydrogen-bond donors (Lipinski definition) is 10. The molecule has 0 atom stereocenters. The van der Waals surface area contributed by atoms with Crippen molar-refractivity contribution in [2.24, 2.45) is 75.3 Å². The fourth-order valence-electron chi connectivity index (χ4n) is 0.951. The van der Waals surface area contributed by atoms with Crippen LogP contribution in [0.2, 0.25) is 0 Å². The predicted molar refractivity (Wildman–Crippen MR) is 101 cm³/mol. The number of quaternary nitrogens is 2. The van der Waals surface area contributed by atoms with Crippen molar-refractivity contribution < 1.29 is 32.2 Å². The van der Waals surface area contributed by atoms with Gasteiger partial charge in [-0.1, -0.05) is 0 Å². The number of nitrogens with one attached hydrogen (secondary N) is 2. The second-order valence-corrected chi connectivity index (χ2v) is 3.94. The Morgan fingerprint density at radius 1 is 0.700 bits per heavy atom. The molecule has 3 aliphatic heterocycles. The summed E-state index contributed by atoms with van der Waals surface area (Å²) in [6.07, 6.45) is 0. The van der Waals surface area contributed by atoms with E-state index in [0.717, 1.165) is 0 Å². The Morgan fingerprint density at radius 2 is 1.00 bits per heavy atom. The zero-order chi connectivity index (χ0) is 20.8. The van der Waals surface area contributed by atoms with Gasteiger partial charge in [0.1, 0.15) is 0 Å². The molecule has 0 aliphatic carbocycles.